The summed E-state index contributed by atoms with van der Waals surface area (Å²) < 4.78 is 103. The number of rotatable bonds is 66. The zero-order valence-electron chi connectivity index (χ0n) is 74.8. The first kappa shape index (κ1) is 111. The molecule has 2 aromatic heterocycles. The lowest BCUT2D eigenvalue weighted by atomic mass is 9.92. The van der Waals surface area contributed by atoms with Gasteiger partial charge in [-0.3, -0.25) is 47.5 Å². The first-order valence-corrected chi connectivity index (χ1v) is 48.3. The highest BCUT2D eigenvalue weighted by atomic mass is 31.2. The molecule has 2 aromatic rings. The van der Waals surface area contributed by atoms with E-state index >= 15 is 0 Å². The van der Waals surface area contributed by atoms with E-state index in [1.807, 2.05) is 0 Å². The van der Waals surface area contributed by atoms with E-state index in [1.165, 1.54) is 31.1 Å². The Bertz CT molecular complexity index is 3620. The maximum Gasteiger partial charge on any atom is 0.268 e. The van der Waals surface area contributed by atoms with Crippen molar-refractivity contribution in [3.05, 3.63) is 12.7 Å². The Morgan fingerprint density at radius 1 is 0.519 bits per heavy atom. The van der Waals surface area contributed by atoms with Gasteiger partial charge in [0.05, 0.1) is 116 Å². The zero-order valence-corrected chi connectivity index (χ0v) is 76.6. The summed E-state index contributed by atoms with van der Waals surface area (Å²) >= 11 is 0. The van der Waals surface area contributed by atoms with Gasteiger partial charge in [0.2, 0.25) is 17.7 Å². The molecular formula is C84H140N8O35P2-2. The number of phosphoric ester groups is 1. The fraction of sp³-hybridized carbons (Fsp3) is 0.845. The average Bonchev–Trinajstić information content (AvgIpc) is 1.63. The second-order valence-corrected chi connectivity index (χ2v) is 38.3. The number of likely N-dealkylation sites (tertiary alicyclic amines) is 1. The number of imidazole rings is 1. The van der Waals surface area contributed by atoms with E-state index in [-0.39, 0.29) is 182 Å². The number of aliphatic hydroxyl groups is 10. The number of carbonyl (C=O) groups excluding carboxylic acids is 8. The number of carbonyl (C=O) groups is 8. The SMILES string of the molecule is CC1[C@H](OCCCCC(=O)CCCCCC(=O)CCOCC(COCCC(=O)CCCCCC(=O)CCCCO[C@@H]2OC(CO)[C@H](O)[C@H](O)C2C)(COCCC(=O)NCCCCC(=O)CCCCO[C@@H]2OC(CO)[C@H](O)[C@H](O)C2C)NC(=O)CC(=O)N2C[C@H](O)C[C@H]2COP(=O)([O-])O[C@H]2C[C@H](n3cnc4c(N)ncnc43)O[C@@H]2COP(=O)([O-])C(C)C)OC(CO)[C@H](O)[C@@H]1O. The van der Waals surface area contributed by atoms with E-state index in [2.05, 4.69) is 25.6 Å². The molecule has 0 saturated carbocycles. The van der Waals surface area contributed by atoms with Gasteiger partial charge in [0.1, 0.15) is 109 Å². The molecule has 738 valence electrons. The Morgan fingerprint density at radius 3 is 1.39 bits per heavy atom. The van der Waals surface area contributed by atoms with Crippen molar-refractivity contribution in [2.24, 2.45) is 17.8 Å². The minimum Gasteiger partial charge on any atom is -0.778 e. The highest BCUT2D eigenvalue weighted by molar-refractivity contribution is 7.52. The molecule has 0 spiro atoms. The van der Waals surface area contributed by atoms with Crippen LogP contribution in [-0.2, 0) is 108 Å². The fourth-order valence-electron chi connectivity index (χ4n) is 15.6. The molecule has 22 atom stereocenters. The van der Waals surface area contributed by atoms with Crippen LogP contribution in [0.15, 0.2) is 12.7 Å². The fourth-order valence-corrected chi connectivity index (χ4v) is 17.2. The molecule has 5 fully saturated rings. The van der Waals surface area contributed by atoms with Gasteiger partial charge in [-0.15, -0.1) is 0 Å². The number of aromatic nitrogens is 4. The Balaban J connectivity index is 0.953. The van der Waals surface area contributed by atoms with Crippen LogP contribution in [0.1, 0.15) is 221 Å². The van der Waals surface area contributed by atoms with E-state index < -0.39 is 226 Å². The van der Waals surface area contributed by atoms with Crippen LogP contribution in [0.4, 0.5) is 5.82 Å². The van der Waals surface area contributed by atoms with Crippen molar-refractivity contribution >= 4 is 79.0 Å². The number of ketones is 5. The molecular weight excluding hydrogens is 1740 g/mol. The maximum absolute atomic E-state index is 14.6. The van der Waals surface area contributed by atoms with Crippen LogP contribution in [0.3, 0.4) is 0 Å². The van der Waals surface area contributed by atoms with Crippen LogP contribution in [-0.4, -0.2) is 337 Å². The predicted octanol–water partition coefficient (Wildman–Crippen LogP) is 0.791. The van der Waals surface area contributed by atoms with Gasteiger partial charge in [0, 0.05) is 133 Å². The molecule has 14 N–H and O–H groups in total. The molecule has 5 aliphatic rings. The Hall–Kier alpha value is -5.43. The summed E-state index contributed by atoms with van der Waals surface area (Å²) in [6.45, 7) is 3.27. The van der Waals surface area contributed by atoms with Crippen molar-refractivity contribution < 1.29 is 169 Å². The molecule has 5 saturated heterocycles. The van der Waals surface area contributed by atoms with Crippen LogP contribution in [0.2, 0.25) is 0 Å². The number of nitrogen functional groups attached to an aromatic ring is 1. The predicted molar refractivity (Wildman–Crippen MR) is 452 cm³/mol. The molecule has 0 radical (unpaired) electrons. The molecule has 129 heavy (non-hydrogen) atoms. The van der Waals surface area contributed by atoms with Crippen molar-refractivity contribution in [2.45, 2.75) is 330 Å². The third-order valence-corrected chi connectivity index (χ3v) is 26.5. The third-order valence-electron chi connectivity index (χ3n) is 23.7. The van der Waals surface area contributed by atoms with Gasteiger partial charge in [0.25, 0.3) is 7.82 Å². The number of aliphatic hydroxyl groups excluding tert-OH is 10. The second-order valence-electron chi connectivity index (χ2n) is 34.6. The third kappa shape index (κ3) is 37.0. The van der Waals surface area contributed by atoms with Gasteiger partial charge in [-0.05, 0) is 83.5 Å². The molecule has 5 aliphatic heterocycles. The number of β-amino-alcohol motifs (C(OH)–C–C–N with tert-alkyl or cyclic N) is 1. The molecule has 0 aromatic carbocycles. The van der Waals surface area contributed by atoms with Crippen molar-refractivity contribution in [1.29, 1.82) is 0 Å². The number of hydrogen-bond donors (Lipinski definition) is 13. The quantitative estimate of drug-likeness (QED) is 0.0247. The number of unbranched alkanes of at least 4 members (excludes halogenated alkanes) is 8. The molecule has 0 bridgehead atoms. The van der Waals surface area contributed by atoms with Gasteiger partial charge in [-0.1, -0.05) is 47.5 Å². The van der Waals surface area contributed by atoms with Gasteiger partial charge in [-0.25, -0.2) is 15.0 Å². The van der Waals surface area contributed by atoms with Gasteiger partial charge < -0.3 is 148 Å². The monoisotopic (exact) mass is 1880 g/mol. The van der Waals surface area contributed by atoms with Gasteiger partial charge in [0.15, 0.2) is 30.3 Å². The molecule has 0 aliphatic carbocycles. The Morgan fingerprint density at radius 2 is 0.946 bits per heavy atom. The van der Waals surface area contributed by atoms with E-state index in [0.29, 0.717) is 89.9 Å². The van der Waals surface area contributed by atoms with Crippen LogP contribution in [0, 0.1) is 17.8 Å². The lowest BCUT2D eigenvalue weighted by Gasteiger charge is -2.40. The lowest BCUT2D eigenvalue weighted by molar-refractivity contribution is -0.282. The second kappa shape index (κ2) is 56.8. The van der Waals surface area contributed by atoms with Crippen molar-refractivity contribution in [3.63, 3.8) is 0 Å². The first-order chi connectivity index (χ1) is 61.5. The van der Waals surface area contributed by atoms with Crippen LogP contribution in [0.5, 0.6) is 0 Å². The smallest absolute Gasteiger partial charge is 0.268 e. The highest BCUT2D eigenvalue weighted by Crippen LogP contribution is 2.49. The molecule has 3 amide bonds. The van der Waals surface area contributed by atoms with Crippen LogP contribution in [0.25, 0.3) is 11.2 Å². The number of nitrogens with one attached hydrogen (secondary N) is 2. The first-order valence-electron chi connectivity index (χ1n) is 45.3. The standard InChI is InChI=1S/C84H142N8O35P2/c1-52(2)128(111,112)121-46-67-63(39-71(123-67)92-51-89-72-79(85)87-50-88-80(72)92)127-129(113,114)122-45-56-38-62(101)41-91(56)70(104)40-69(103)90-84(47-115-35-28-60(99)22-10-6-8-20-57(96)25-13-17-32-118-81-53(3)73(105)76(108)64(42-93)124-81,48-116-36-29-61(100)23-11-7-9-21-58(97)26-14-18-33-119-82-54(4)74(106)77(109)65(43-94)125-82)49-117-37-30-68(102)86-31-16-12-24-59(98)27-15-19-34-120-83-55(5)75(107)78(110)66(44-95)126-83/h50-56,62-67,71,73-78,81-83,93-95,101,105-110H,6-49H2,1-5H3,(H,86,102)(H,90,103)(H,111,112)(H,113,114)(H2,85,87,88)/p-2/t53?,54?,55?,56-,62+,63-,64?,65?,66?,67+,71+,73+,74+,75+,76-,77-,78-,81+,82+,83+,84?/m0/s1. The lowest BCUT2D eigenvalue weighted by Crippen LogP contribution is -2.59. The van der Waals surface area contributed by atoms with Crippen molar-refractivity contribution in [3.8, 4) is 0 Å². The van der Waals surface area contributed by atoms with Crippen LogP contribution >= 0.6 is 15.4 Å². The number of nitrogens with two attached hydrogens (primary N) is 1. The average molecular weight is 1880 g/mol. The van der Waals surface area contributed by atoms with Crippen molar-refractivity contribution in [2.75, 3.05) is 111 Å². The summed E-state index contributed by atoms with van der Waals surface area (Å²) in [6.07, 6.45) is -8.12. The number of anilines is 1. The number of amides is 3. The molecule has 45 heteroatoms. The Labute approximate surface area is 752 Å². The number of Topliss-reactive ketones (excluding diaryl/α,β-unsaturated/α-hetero) is 5. The number of nitrogens with zero attached hydrogens (tertiary/aromatic N) is 5. The molecule has 43 nitrogen and oxygen atoms in total. The van der Waals surface area contributed by atoms with Gasteiger partial charge >= 0.3 is 0 Å². The summed E-state index contributed by atoms with van der Waals surface area (Å²) in [4.78, 5) is 148. The summed E-state index contributed by atoms with van der Waals surface area (Å²) in [7, 11) is -9.94. The minimum absolute atomic E-state index is 0.00119. The molecule has 7 heterocycles. The molecule has 7 rings (SSSR count). The highest BCUT2D eigenvalue weighted by Gasteiger charge is 2.47. The largest absolute Gasteiger partial charge is 0.778 e. The number of hydrogen-bond acceptors (Lipinski definition) is 39. The molecule has 8 unspecified atom stereocenters. The van der Waals surface area contributed by atoms with E-state index in [9.17, 15) is 108 Å². The Kier molecular flexibility index (Phi) is 48.7. The number of phosphoric acid groups is 1. The van der Waals surface area contributed by atoms with Gasteiger partial charge in [-0.2, -0.15) is 0 Å². The minimum atomic E-state index is -5.44. The maximum atomic E-state index is 14.6. The number of ether oxygens (including phenoxy) is 10. The summed E-state index contributed by atoms with van der Waals surface area (Å²) in [5.41, 5.74) is 3.71. The normalized spacial score (nSPS) is 28.1. The zero-order chi connectivity index (χ0) is 94.4. The summed E-state index contributed by atoms with van der Waals surface area (Å²) in [6, 6.07) is -1.18. The topological polar surface area (TPSA) is 636 Å². The van der Waals surface area contributed by atoms with E-state index in [4.69, 9.17) is 66.7 Å². The van der Waals surface area contributed by atoms with Crippen molar-refractivity contribution in [1.82, 2.24) is 35.1 Å². The van der Waals surface area contributed by atoms with Crippen LogP contribution < -0.4 is 26.2 Å². The number of fused-ring (bicyclic) bond motifs is 1. The summed E-state index contributed by atoms with van der Waals surface area (Å²) in [5, 5.41) is 107. The van der Waals surface area contributed by atoms with E-state index in [1.54, 1.807) is 20.8 Å². The van der Waals surface area contributed by atoms with E-state index in [0.717, 1.165) is 4.90 Å². The summed E-state index contributed by atoms with van der Waals surface area (Å²) in [5.74, 6) is -4.25.